The summed E-state index contributed by atoms with van der Waals surface area (Å²) in [6, 6.07) is 18.2. The Hall–Kier alpha value is -2.89. The van der Waals surface area contributed by atoms with Crippen molar-refractivity contribution in [1.29, 1.82) is 0 Å². The number of benzene rings is 2. The molecule has 30 heavy (non-hydrogen) atoms. The maximum Gasteiger partial charge on any atom is 0.162 e. The molecule has 0 atom stereocenters. The molecule has 152 valence electrons. The maximum atomic E-state index is 6.14. The van der Waals surface area contributed by atoms with E-state index < -0.39 is 0 Å². The van der Waals surface area contributed by atoms with Crippen LogP contribution in [0.2, 0.25) is 5.02 Å². The van der Waals surface area contributed by atoms with Gasteiger partial charge in [-0.25, -0.2) is 9.97 Å². The highest BCUT2D eigenvalue weighted by atomic mass is 35.5. The van der Waals surface area contributed by atoms with Gasteiger partial charge in [-0.2, -0.15) is 0 Å². The molecule has 0 saturated carbocycles. The van der Waals surface area contributed by atoms with Gasteiger partial charge in [0.2, 0.25) is 0 Å². The summed E-state index contributed by atoms with van der Waals surface area (Å²) in [5, 5.41) is 2.78. The Balaban J connectivity index is 1.71. The van der Waals surface area contributed by atoms with Gasteiger partial charge in [0.05, 0.1) is 12.6 Å². The van der Waals surface area contributed by atoms with Gasteiger partial charge in [-0.05, 0) is 55.1 Å². The molecule has 1 aliphatic heterocycles. The minimum Gasteiger partial charge on any atom is -0.497 e. The first-order valence-electron chi connectivity index (χ1n) is 10.1. The van der Waals surface area contributed by atoms with Crippen LogP contribution in [0.25, 0.3) is 33.1 Å². The monoisotopic (exact) mass is 418 g/mol. The maximum absolute atomic E-state index is 6.14. The average Bonchev–Trinajstić information content (AvgIpc) is 2.77. The molecule has 1 saturated heterocycles. The lowest BCUT2D eigenvalue weighted by atomic mass is 10.0. The smallest absolute Gasteiger partial charge is 0.162 e. The molecule has 4 aromatic rings. The van der Waals surface area contributed by atoms with Gasteiger partial charge < -0.3 is 14.5 Å². The SMILES string of the molecule is COc1ccc2nc3nc(N4CCN(C)CC4)c(-c4ccc(Cl)cc4)cc3cc2c1. The molecule has 0 aliphatic carbocycles. The first-order chi connectivity index (χ1) is 14.6. The van der Waals surface area contributed by atoms with E-state index in [4.69, 9.17) is 26.3 Å². The van der Waals surface area contributed by atoms with Crippen molar-refractivity contribution in [2.75, 3.05) is 45.2 Å². The van der Waals surface area contributed by atoms with Crippen molar-refractivity contribution in [3.05, 3.63) is 59.6 Å². The topological polar surface area (TPSA) is 41.5 Å². The number of hydrogen-bond acceptors (Lipinski definition) is 5. The number of pyridine rings is 2. The van der Waals surface area contributed by atoms with E-state index in [2.05, 4.69) is 41.1 Å². The van der Waals surface area contributed by atoms with Gasteiger partial charge in [0.15, 0.2) is 5.65 Å². The highest BCUT2D eigenvalue weighted by molar-refractivity contribution is 6.30. The molecule has 2 aromatic carbocycles. The third-order valence-electron chi connectivity index (χ3n) is 5.74. The number of hydrogen-bond donors (Lipinski definition) is 0. The summed E-state index contributed by atoms with van der Waals surface area (Å²) in [4.78, 5) is 14.6. The second-order valence-electron chi connectivity index (χ2n) is 7.75. The van der Waals surface area contributed by atoms with E-state index in [0.29, 0.717) is 0 Å². The molecular weight excluding hydrogens is 396 g/mol. The van der Waals surface area contributed by atoms with E-state index in [9.17, 15) is 0 Å². The van der Waals surface area contributed by atoms with Crippen molar-refractivity contribution in [3.8, 4) is 16.9 Å². The van der Waals surface area contributed by atoms with Crippen LogP contribution >= 0.6 is 11.6 Å². The molecule has 1 fully saturated rings. The summed E-state index contributed by atoms with van der Waals surface area (Å²) >= 11 is 6.14. The molecule has 0 N–H and O–H groups in total. The number of nitrogens with zero attached hydrogens (tertiary/aromatic N) is 4. The third kappa shape index (κ3) is 3.55. The molecular formula is C24H23ClN4O. The number of likely N-dealkylation sites (N-methyl/N-ethyl adjacent to an activating group) is 1. The Kier molecular flexibility index (Phi) is 4.93. The largest absolute Gasteiger partial charge is 0.497 e. The van der Waals surface area contributed by atoms with E-state index in [1.807, 2.05) is 30.3 Å². The summed E-state index contributed by atoms with van der Waals surface area (Å²) in [5.41, 5.74) is 3.89. The van der Waals surface area contributed by atoms with Gasteiger partial charge >= 0.3 is 0 Å². The Bertz CT molecular complexity index is 1220. The summed E-state index contributed by atoms with van der Waals surface area (Å²) in [6.45, 7) is 3.93. The quantitative estimate of drug-likeness (QED) is 0.444. The van der Waals surface area contributed by atoms with Gasteiger partial charge in [0, 0.05) is 47.5 Å². The number of methoxy groups -OCH3 is 1. The highest BCUT2D eigenvalue weighted by Crippen LogP contribution is 2.34. The van der Waals surface area contributed by atoms with Gasteiger partial charge in [-0.15, -0.1) is 0 Å². The molecule has 0 spiro atoms. The predicted octanol–water partition coefficient (Wildman–Crippen LogP) is 4.86. The minimum absolute atomic E-state index is 0.730. The standard InChI is InChI=1S/C24H23ClN4O/c1-28-9-11-29(12-10-28)24-21(16-3-5-19(25)6-4-16)15-18-13-17-14-20(30-2)7-8-22(17)26-23(18)27-24/h3-8,13-15H,9-12H2,1-2H3. The van der Waals surface area contributed by atoms with Crippen molar-refractivity contribution in [1.82, 2.24) is 14.9 Å². The predicted molar refractivity (Wildman–Crippen MR) is 124 cm³/mol. The fraction of sp³-hybridized carbons (Fsp3) is 0.250. The van der Waals surface area contributed by atoms with Crippen LogP contribution in [0.3, 0.4) is 0 Å². The first-order valence-corrected chi connectivity index (χ1v) is 10.5. The number of piperazine rings is 1. The Labute approximate surface area is 180 Å². The van der Waals surface area contributed by atoms with E-state index in [-0.39, 0.29) is 0 Å². The summed E-state index contributed by atoms with van der Waals surface area (Å²) < 4.78 is 5.38. The zero-order valence-corrected chi connectivity index (χ0v) is 17.9. The van der Waals surface area contributed by atoms with Crippen LogP contribution in [0.1, 0.15) is 0 Å². The van der Waals surface area contributed by atoms with Crippen LogP contribution in [-0.4, -0.2) is 55.2 Å². The van der Waals surface area contributed by atoms with Crippen LogP contribution < -0.4 is 9.64 Å². The molecule has 2 aromatic heterocycles. The lowest BCUT2D eigenvalue weighted by Gasteiger charge is -2.34. The molecule has 3 heterocycles. The number of ether oxygens (including phenoxy) is 1. The minimum atomic E-state index is 0.730. The van der Waals surface area contributed by atoms with E-state index >= 15 is 0 Å². The normalized spacial score (nSPS) is 15.1. The number of rotatable bonds is 3. The van der Waals surface area contributed by atoms with Gasteiger partial charge in [-0.1, -0.05) is 23.7 Å². The van der Waals surface area contributed by atoms with E-state index in [1.54, 1.807) is 7.11 Å². The van der Waals surface area contributed by atoms with Gasteiger partial charge in [0.1, 0.15) is 11.6 Å². The lowest BCUT2D eigenvalue weighted by molar-refractivity contribution is 0.312. The Morgan fingerprint density at radius 1 is 0.867 bits per heavy atom. The van der Waals surface area contributed by atoms with Crippen LogP contribution in [0.5, 0.6) is 5.75 Å². The molecule has 0 bridgehead atoms. The van der Waals surface area contributed by atoms with Crippen molar-refractivity contribution in [3.63, 3.8) is 0 Å². The molecule has 1 aliphatic rings. The second-order valence-corrected chi connectivity index (χ2v) is 8.19. The lowest BCUT2D eigenvalue weighted by Crippen LogP contribution is -2.45. The van der Waals surface area contributed by atoms with Crippen molar-refractivity contribution in [2.45, 2.75) is 0 Å². The zero-order valence-electron chi connectivity index (χ0n) is 17.1. The van der Waals surface area contributed by atoms with Crippen molar-refractivity contribution >= 4 is 39.4 Å². The number of fused-ring (bicyclic) bond motifs is 2. The molecule has 0 amide bonds. The average molecular weight is 419 g/mol. The highest BCUT2D eigenvalue weighted by Gasteiger charge is 2.20. The third-order valence-corrected chi connectivity index (χ3v) is 5.99. The van der Waals surface area contributed by atoms with Crippen LogP contribution in [0, 0.1) is 0 Å². The zero-order chi connectivity index (χ0) is 20.7. The van der Waals surface area contributed by atoms with Crippen LogP contribution in [0.4, 0.5) is 5.82 Å². The van der Waals surface area contributed by atoms with Gasteiger partial charge in [-0.3, -0.25) is 0 Å². The van der Waals surface area contributed by atoms with E-state index in [1.165, 1.54) is 0 Å². The second kappa shape index (κ2) is 7.74. The fourth-order valence-electron chi connectivity index (χ4n) is 3.97. The Morgan fingerprint density at radius 2 is 1.63 bits per heavy atom. The van der Waals surface area contributed by atoms with Crippen LogP contribution in [-0.2, 0) is 0 Å². The summed E-state index contributed by atoms with van der Waals surface area (Å²) in [6.07, 6.45) is 0. The first kappa shape index (κ1) is 19.1. The summed E-state index contributed by atoms with van der Waals surface area (Å²) in [7, 11) is 3.84. The fourth-order valence-corrected chi connectivity index (χ4v) is 4.09. The van der Waals surface area contributed by atoms with Gasteiger partial charge in [0.25, 0.3) is 0 Å². The van der Waals surface area contributed by atoms with Crippen molar-refractivity contribution < 1.29 is 4.74 Å². The number of aromatic nitrogens is 2. The molecule has 0 radical (unpaired) electrons. The van der Waals surface area contributed by atoms with Crippen molar-refractivity contribution in [2.24, 2.45) is 0 Å². The number of anilines is 1. The van der Waals surface area contributed by atoms with Crippen LogP contribution in [0.15, 0.2) is 54.6 Å². The molecule has 5 rings (SSSR count). The molecule has 6 heteroatoms. The Morgan fingerprint density at radius 3 is 2.37 bits per heavy atom. The summed E-state index contributed by atoms with van der Waals surface area (Å²) in [5.74, 6) is 1.81. The number of halogens is 1. The van der Waals surface area contributed by atoms with E-state index in [0.717, 1.165) is 75.8 Å². The molecule has 0 unspecified atom stereocenters. The molecule has 5 nitrogen and oxygen atoms in total.